The summed E-state index contributed by atoms with van der Waals surface area (Å²) in [6, 6.07) is 6.88. The highest BCUT2D eigenvalue weighted by Crippen LogP contribution is 2.43. The van der Waals surface area contributed by atoms with Crippen LogP contribution >= 0.6 is 11.6 Å². The first-order valence-corrected chi connectivity index (χ1v) is 12.0. The Labute approximate surface area is 219 Å². The lowest BCUT2D eigenvalue weighted by atomic mass is 10.1. The van der Waals surface area contributed by atoms with E-state index < -0.39 is 30.5 Å². The van der Waals surface area contributed by atoms with Crippen molar-refractivity contribution in [2.75, 3.05) is 41.4 Å². The molecule has 0 spiro atoms. The van der Waals surface area contributed by atoms with E-state index in [4.69, 9.17) is 21.4 Å². The SMILES string of the molecule is O=C(Nc1cc(OC[C@H](O)CO)ncn1)N1c2nc(-c3cccc(C(F)(F)F)c3)c(Cl)cc2N2CC[C@H]1C2. The molecule has 4 heterocycles. The van der Waals surface area contributed by atoms with Crippen LogP contribution in [0.3, 0.4) is 0 Å². The lowest BCUT2D eigenvalue weighted by Crippen LogP contribution is -2.48. The quantitative estimate of drug-likeness (QED) is 0.425. The van der Waals surface area contributed by atoms with Gasteiger partial charge in [-0.15, -0.1) is 0 Å². The van der Waals surface area contributed by atoms with E-state index in [0.717, 1.165) is 12.1 Å². The van der Waals surface area contributed by atoms with Crippen molar-refractivity contribution >= 4 is 35.0 Å². The molecule has 3 aromatic rings. The number of rotatable bonds is 6. The minimum Gasteiger partial charge on any atom is -0.475 e. The number of urea groups is 1. The van der Waals surface area contributed by atoms with E-state index in [1.165, 1.54) is 29.4 Å². The molecule has 1 saturated heterocycles. The zero-order valence-electron chi connectivity index (χ0n) is 19.7. The fourth-order valence-electron chi connectivity index (χ4n) is 4.42. The van der Waals surface area contributed by atoms with Crippen LogP contribution in [-0.2, 0) is 6.18 Å². The molecule has 3 N–H and O–H groups in total. The number of aliphatic hydroxyl groups excluding tert-OH is 2. The topological polar surface area (TPSA) is 124 Å². The lowest BCUT2D eigenvalue weighted by Gasteiger charge is -2.36. The van der Waals surface area contributed by atoms with Crippen molar-refractivity contribution in [3.8, 4) is 17.1 Å². The average molecular weight is 551 g/mol. The van der Waals surface area contributed by atoms with Gasteiger partial charge in [-0.2, -0.15) is 13.2 Å². The summed E-state index contributed by atoms with van der Waals surface area (Å²) in [7, 11) is 0. The van der Waals surface area contributed by atoms with Crippen LogP contribution in [-0.4, -0.2) is 69.6 Å². The number of anilines is 3. The molecule has 0 aliphatic carbocycles. The van der Waals surface area contributed by atoms with Crippen molar-refractivity contribution in [2.24, 2.45) is 0 Å². The number of aromatic nitrogens is 3. The van der Waals surface area contributed by atoms with Crippen molar-refractivity contribution in [2.45, 2.75) is 24.7 Å². The fraction of sp³-hybridized carbons (Fsp3) is 0.333. The second-order valence-corrected chi connectivity index (χ2v) is 9.22. The average Bonchev–Trinajstić information content (AvgIpc) is 3.31. The van der Waals surface area contributed by atoms with Gasteiger partial charge in [-0.1, -0.05) is 23.7 Å². The van der Waals surface area contributed by atoms with Gasteiger partial charge in [0.25, 0.3) is 0 Å². The van der Waals surface area contributed by atoms with E-state index in [0.29, 0.717) is 25.2 Å². The zero-order chi connectivity index (χ0) is 27.0. The minimum absolute atomic E-state index is 0.0747. The number of benzene rings is 1. The van der Waals surface area contributed by atoms with Gasteiger partial charge in [0, 0.05) is 24.7 Å². The van der Waals surface area contributed by atoms with Crippen LogP contribution in [0.25, 0.3) is 11.3 Å². The van der Waals surface area contributed by atoms with E-state index in [-0.39, 0.29) is 46.4 Å². The first kappa shape index (κ1) is 25.9. The Kier molecular flexibility index (Phi) is 6.99. The molecule has 10 nitrogen and oxygen atoms in total. The number of nitrogens with zero attached hydrogens (tertiary/aromatic N) is 5. The molecule has 1 aromatic carbocycles. The van der Waals surface area contributed by atoms with Crippen molar-refractivity contribution in [1.29, 1.82) is 0 Å². The Hall–Kier alpha value is -3.68. The molecule has 2 aliphatic rings. The summed E-state index contributed by atoms with van der Waals surface area (Å²) in [5, 5.41) is 21.2. The molecule has 2 amide bonds. The molecule has 200 valence electrons. The van der Waals surface area contributed by atoms with Crippen LogP contribution in [0.2, 0.25) is 5.02 Å². The maximum atomic E-state index is 13.5. The summed E-state index contributed by atoms with van der Waals surface area (Å²) in [5.74, 6) is 0.461. The highest BCUT2D eigenvalue weighted by Gasteiger charge is 2.41. The van der Waals surface area contributed by atoms with Gasteiger partial charge in [-0.3, -0.25) is 10.2 Å². The van der Waals surface area contributed by atoms with Crippen molar-refractivity contribution in [3.63, 3.8) is 0 Å². The van der Waals surface area contributed by atoms with E-state index in [9.17, 15) is 23.1 Å². The predicted octanol–water partition coefficient (Wildman–Crippen LogP) is 3.57. The molecule has 5 rings (SSSR count). The van der Waals surface area contributed by atoms with Gasteiger partial charge in [-0.05, 0) is 24.6 Å². The van der Waals surface area contributed by atoms with Gasteiger partial charge in [0.15, 0.2) is 5.82 Å². The largest absolute Gasteiger partial charge is 0.475 e. The van der Waals surface area contributed by atoms with Crippen LogP contribution in [0.4, 0.5) is 35.3 Å². The highest BCUT2D eigenvalue weighted by molar-refractivity contribution is 6.33. The van der Waals surface area contributed by atoms with E-state index >= 15 is 0 Å². The second-order valence-electron chi connectivity index (χ2n) is 8.82. The maximum absolute atomic E-state index is 13.5. The van der Waals surface area contributed by atoms with Gasteiger partial charge in [0.2, 0.25) is 5.88 Å². The summed E-state index contributed by atoms with van der Waals surface area (Å²) in [5.41, 5.74) is 0.0529. The molecule has 1 fully saturated rings. The highest BCUT2D eigenvalue weighted by atomic mass is 35.5. The summed E-state index contributed by atoms with van der Waals surface area (Å²) in [6.07, 6.45) is -3.81. The minimum atomic E-state index is -4.54. The van der Waals surface area contributed by atoms with E-state index in [2.05, 4.69) is 20.3 Å². The maximum Gasteiger partial charge on any atom is 0.416 e. The summed E-state index contributed by atoms with van der Waals surface area (Å²) < 4.78 is 45.2. The smallest absolute Gasteiger partial charge is 0.416 e. The molecule has 0 radical (unpaired) electrons. The number of hydrogen-bond acceptors (Lipinski definition) is 8. The first-order chi connectivity index (χ1) is 18.1. The van der Waals surface area contributed by atoms with Gasteiger partial charge in [-0.25, -0.2) is 19.7 Å². The van der Waals surface area contributed by atoms with Crippen LogP contribution in [0.1, 0.15) is 12.0 Å². The fourth-order valence-corrected chi connectivity index (χ4v) is 4.68. The van der Waals surface area contributed by atoms with Gasteiger partial charge in [0.1, 0.15) is 24.9 Å². The Bertz CT molecular complexity index is 1360. The number of halogens is 4. The number of alkyl halides is 3. The van der Waals surface area contributed by atoms with Crippen molar-refractivity contribution in [3.05, 3.63) is 53.3 Å². The molecular formula is C24H22ClF3N6O4. The number of ether oxygens (including phenoxy) is 1. The molecule has 2 bridgehead atoms. The molecular weight excluding hydrogens is 529 g/mol. The number of aliphatic hydroxyl groups is 2. The Balaban J connectivity index is 1.46. The van der Waals surface area contributed by atoms with E-state index in [1.807, 2.05) is 4.90 Å². The summed E-state index contributed by atoms with van der Waals surface area (Å²) in [4.78, 5) is 29.5. The van der Waals surface area contributed by atoms with Gasteiger partial charge >= 0.3 is 12.2 Å². The third-order valence-electron chi connectivity index (χ3n) is 6.23. The summed E-state index contributed by atoms with van der Waals surface area (Å²) in [6.45, 7) is 0.502. The molecule has 38 heavy (non-hydrogen) atoms. The van der Waals surface area contributed by atoms with Crippen LogP contribution in [0.5, 0.6) is 5.88 Å². The van der Waals surface area contributed by atoms with Crippen molar-refractivity contribution < 1.29 is 32.9 Å². The number of hydrogen-bond donors (Lipinski definition) is 3. The summed E-state index contributed by atoms with van der Waals surface area (Å²) >= 11 is 6.48. The molecule has 2 aliphatic heterocycles. The predicted molar refractivity (Wildman–Crippen MR) is 132 cm³/mol. The standard InChI is InChI=1S/C24H22ClF3N6O4/c25-17-7-18-22(32-21(17)13-2-1-3-14(6-13)24(26,27)28)34(15-4-5-33(18)9-15)23(37)31-19-8-20(30-12-29-19)38-11-16(36)10-35/h1-3,6-8,12,15-16,35-36H,4-5,9-11H2,(H,29,30,31,37)/t15-,16+/m0/s1. The zero-order valence-corrected chi connectivity index (χ0v) is 20.4. The number of carbonyl (C=O) groups is 1. The van der Waals surface area contributed by atoms with Crippen LogP contribution in [0, 0.1) is 0 Å². The van der Waals surface area contributed by atoms with E-state index in [1.54, 1.807) is 6.07 Å². The van der Waals surface area contributed by atoms with Gasteiger partial charge in [0.05, 0.1) is 34.6 Å². The Morgan fingerprint density at radius 3 is 2.84 bits per heavy atom. The van der Waals surface area contributed by atoms with Gasteiger partial charge < -0.3 is 19.8 Å². The lowest BCUT2D eigenvalue weighted by molar-refractivity contribution is -0.137. The Morgan fingerprint density at radius 1 is 1.26 bits per heavy atom. The van der Waals surface area contributed by atoms with Crippen LogP contribution < -0.4 is 19.9 Å². The van der Waals surface area contributed by atoms with Crippen molar-refractivity contribution in [1.82, 2.24) is 15.0 Å². The number of nitrogens with one attached hydrogen (secondary N) is 1. The normalized spacial score (nSPS) is 17.3. The third-order valence-corrected chi connectivity index (χ3v) is 6.52. The number of fused-ring (bicyclic) bond motifs is 4. The van der Waals surface area contributed by atoms with Crippen LogP contribution in [0.15, 0.2) is 42.7 Å². The number of pyridine rings is 1. The monoisotopic (exact) mass is 550 g/mol. The molecule has 2 atom stereocenters. The first-order valence-electron chi connectivity index (χ1n) is 11.6. The number of carbonyl (C=O) groups excluding carboxylic acids is 1. The second kappa shape index (κ2) is 10.2. The molecule has 0 unspecified atom stereocenters. The Morgan fingerprint density at radius 2 is 2.08 bits per heavy atom. The molecule has 14 heteroatoms. The molecule has 2 aromatic heterocycles. The molecule has 0 saturated carbocycles. The number of amides is 2. The third kappa shape index (κ3) is 5.17.